The average molecular weight is 594 g/mol. The molecule has 10 heteroatoms. The summed E-state index contributed by atoms with van der Waals surface area (Å²) in [5.74, 6) is 0.682. The molecule has 0 saturated carbocycles. The zero-order valence-corrected chi connectivity index (χ0v) is 24.4. The van der Waals surface area contributed by atoms with E-state index in [0.29, 0.717) is 47.5 Å². The highest BCUT2D eigenvalue weighted by atomic mass is 35.5. The zero-order chi connectivity index (χ0) is 28.4. The van der Waals surface area contributed by atoms with E-state index in [1.165, 1.54) is 6.26 Å². The molecular formula is C29H34Cl2N2O5S. The average Bonchev–Trinajstić information content (AvgIpc) is 2.89. The first-order chi connectivity index (χ1) is 18.5. The van der Waals surface area contributed by atoms with E-state index in [1.54, 1.807) is 12.1 Å². The van der Waals surface area contributed by atoms with Crippen LogP contribution < -0.4 is 20.5 Å². The van der Waals surface area contributed by atoms with Crippen molar-refractivity contribution in [3.8, 4) is 11.5 Å². The lowest BCUT2D eigenvalue weighted by molar-refractivity contribution is -0.124. The van der Waals surface area contributed by atoms with Crippen LogP contribution in [0.4, 0.5) is 0 Å². The van der Waals surface area contributed by atoms with Crippen LogP contribution in [0.15, 0.2) is 60.7 Å². The smallest absolute Gasteiger partial charge is 0.224 e. The van der Waals surface area contributed by atoms with E-state index < -0.39 is 9.84 Å². The Balaban J connectivity index is 1.45. The van der Waals surface area contributed by atoms with Crippen molar-refractivity contribution >= 4 is 38.9 Å². The number of hydrogen-bond acceptors (Lipinski definition) is 6. The Kier molecular flexibility index (Phi) is 11.5. The predicted molar refractivity (Wildman–Crippen MR) is 157 cm³/mol. The minimum Gasteiger partial charge on any atom is -0.490 e. The maximum absolute atomic E-state index is 12.8. The van der Waals surface area contributed by atoms with Crippen LogP contribution in [-0.2, 0) is 34.0 Å². The maximum atomic E-state index is 12.8. The highest BCUT2D eigenvalue weighted by Gasteiger charge is 2.17. The summed E-state index contributed by atoms with van der Waals surface area (Å²) >= 11 is 12.4. The molecule has 0 saturated heterocycles. The standard InChI is InChI=1S/C29H34Cl2N2O5S/c1-20-14-26(30)28(27(31)15-20)38-12-11-37-25-8-6-22(7-9-25)17-24(18-32)29(34)33-19-23-5-3-4-21(16-23)10-13-39(2,35)36/h3-9,14-16,24H,10-13,17-19,32H2,1-2H3,(H,33,34). The van der Waals surface area contributed by atoms with Crippen LogP contribution in [0.1, 0.15) is 22.3 Å². The third-order valence-electron chi connectivity index (χ3n) is 6.02. The Bertz CT molecular complexity index is 1340. The number of ether oxygens (including phenoxy) is 2. The number of carbonyl (C=O) groups excluding carboxylic acids is 1. The lowest BCUT2D eigenvalue weighted by Crippen LogP contribution is -2.36. The molecule has 0 aliphatic rings. The van der Waals surface area contributed by atoms with Gasteiger partial charge in [-0.05, 0) is 66.3 Å². The molecule has 0 bridgehead atoms. The largest absolute Gasteiger partial charge is 0.490 e. The molecule has 1 atom stereocenters. The fraction of sp³-hybridized carbons (Fsp3) is 0.345. The van der Waals surface area contributed by atoms with Crippen LogP contribution in [-0.4, -0.2) is 46.1 Å². The van der Waals surface area contributed by atoms with Gasteiger partial charge in [0.2, 0.25) is 5.91 Å². The second-order valence-electron chi connectivity index (χ2n) is 9.45. The van der Waals surface area contributed by atoms with E-state index in [1.807, 2.05) is 55.5 Å². The Morgan fingerprint density at radius 2 is 1.59 bits per heavy atom. The van der Waals surface area contributed by atoms with Gasteiger partial charge in [-0.2, -0.15) is 0 Å². The monoisotopic (exact) mass is 592 g/mol. The van der Waals surface area contributed by atoms with E-state index in [9.17, 15) is 13.2 Å². The zero-order valence-electron chi connectivity index (χ0n) is 22.1. The number of nitrogens with one attached hydrogen (secondary N) is 1. The SMILES string of the molecule is Cc1cc(Cl)c(OCCOc2ccc(CC(CN)C(=O)NCc3cccc(CCS(C)(=O)=O)c3)cc2)c(Cl)c1. The summed E-state index contributed by atoms with van der Waals surface area (Å²) in [5, 5.41) is 3.86. The number of rotatable bonds is 14. The number of benzene rings is 3. The first kappa shape index (κ1) is 30.8. The molecule has 1 unspecified atom stereocenters. The van der Waals surface area contributed by atoms with Gasteiger partial charge in [-0.1, -0.05) is 59.6 Å². The quantitative estimate of drug-likeness (QED) is 0.261. The third kappa shape index (κ3) is 10.4. The molecule has 0 fully saturated rings. The lowest BCUT2D eigenvalue weighted by atomic mass is 9.98. The van der Waals surface area contributed by atoms with Crippen molar-refractivity contribution in [3.63, 3.8) is 0 Å². The topological polar surface area (TPSA) is 108 Å². The van der Waals surface area contributed by atoms with Gasteiger partial charge in [0.05, 0.1) is 21.7 Å². The number of carbonyl (C=O) groups is 1. The van der Waals surface area contributed by atoms with Crippen molar-refractivity contribution < 1.29 is 22.7 Å². The minimum atomic E-state index is -3.03. The van der Waals surface area contributed by atoms with Gasteiger partial charge in [0, 0.05) is 19.3 Å². The molecule has 3 aromatic carbocycles. The molecule has 1 amide bonds. The van der Waals surface area contributed by atoms with E-state index in [2.05, 4.69) is 5.32 Å². The minimum absolute atomic E-state index is 0.0901. The van der Waals surface area contributed by atoms with Crippen molar-refractivity contribution in [3.05, 3.63) is 93.0 Å². The van der Waals surface area contributed by atoms with Gasteiger partial charge in [-0.25, -0.2) is 8.42 Å². The van der Waals surface area contributed by atoms with E-state index >= 15 is 0 Å². The number of halogens is 2. The Morgan fingerprint density at radius 3 is 2.23 bits per heavy atom. The van der Waals surface area contributed by atoms with Gasteiger partial charge in [0.1, 0.15) is 28.8 Å². The van der Waals surface area contributed by atoms with Crippen molar-refractivity contribution in [2.45, 2.75) is 26.3 Å². The normalized spacial score (nSPS) is 12.1. The molecule has 39 heavy (non-hydrogen) atoms. The van der Waals surface area contributed by atoms with Gasteiger partial charge < -0.3 is 20.5 Å². The third-order valence-corrected chi connectivity index (χ3v) is 7.53. The first-order valence-electron chi connectivity index (χ1n) is 12.6. The predicted octanol–water partition coefficient (Wildman–Crippen LogP) is 4.78. The summed E-state index contributed by atoms with van der Waals surface area (Å²) in [7, 11) is -3.03. The molecule has 7 nitrogen and oxygen atoms in total. The van der Waals surface area contributed by atoms with Crippen molar-refractivity contribution in [1.29, 1.82) is 0 Å². The summed E-state index contributed by atoms with van der Waals surface area (Å²) in [6.45, 7) is 3.04. The molecule has 3 aromatic rings. The number of nitrogens with two attached hydrogens (primary N) is 1. The summed E-state index contributed by atoms with van der Waals surface area (Å²) in [6, 6.07) is 18.6. The molecule has 3 rings (SSSR count). The Labute approximate surface area is 240 Å². The highest BCUT2D eigenvalue weighted by molar-refractivity contribution is 7.90. The number of aryl methyl sites for hydroxylation is 2. The fourth-order valence-electron chi connectivity index (χ4n) is 3.95. The fourth-order valence-corrected chi connectivity index (χ4v) is 5.26. The van der Waals surface area contributed by atoms with Crippen LogP contribution >= 0.6 is 23.2 Å². The van der Waals surface area contributed by atoms with E-state index in [0.717, 1.165) is 22.3 Å². The molecule has 210 valence electrons. The lowest BCUT2D eigenvalue weighted by Gasteiger charge is -2.16. The van der Waals surface area contributed by atoms with Crippen LogP contribution in [0, 0.1) is 12.8 Å². The number of hydrogen-bond donors (Lipinski definition) is 2. The van der Waals surface area contributed by atoms with Gasteiger partial charge in [-0.15, -0.1) is 0 Å². The second-order valence-corrected chi connectivity index (χ2v) is 12.5. The van der Waals surface area contributed by atoms with Crippen LogP contribution in [0.5, 0.6) is 11.5 Å². The van der Waals surface area contributed by atoms with Gasteiger partial charge >= 0.3 is 0 Å². The van der Waals surface area contributed by atoms with Crippen LogP contribution in [0.3, 0.4) is 0 Å². The highest BCUT2D eigenvalue weighted by Crippen LogP contribution is 2.34. The number of amides is 1. The first-order valence-corrected chi connectivity index (χ1v) is 15.4. The number of sulfone groups is 1. The summed E-state index contributed by atoms with van der Waals surface area (Å²) in [6.07, 6.45) is 2.15. The molecule has 0 aromatic heterocycles. The van der Waals surface area contributed by atoms with Crippen LogP contribution in [0.25, 0.3) is 0 Å². The van der Waals surface area contributed by atoms with Crippen molar-refractivity contribution in [2.24, 2.45) is 11.7 Å². The van der Waals surface area contributed by atoms with E-state index in [-0.39, 0.29) is 30.7 Å². The van der Waals surface area contributed by atoms with Gasteiger partial charge in [0.25, 0.3) is 0 Å². The summed E-state index contributed by atoms with van der Waals surface area (Å²) in [5.41, 5.74) is 9.65. The summed E-state index contributed by atoms with van der Waals surface area (Å²) in [4.78, 5) is 12.8. The molecular weight excluding hydrogens is 559 g/mol. The molecule has 0 aliphatic carbocycles. The van der Waals surface area contributed by atoms with Crippen molar-refractivity contribution in [1.82, 2.24) is 5.32 Å². The molecule has 3 N–H and O–H groups in total. The Hall–Kier alpha value is -2.78. The van der Waals surface area contributed by atoms with Gasteiger partial charge in [0.15, 0.2) is 5.75 Å². The Morgan fingerprint density at radius 1 is 0.949 bits per heavy atom. The summed E-state index contributed by atoms with van der Waals surface area (Å²) < 4.78 is 34.3. The molecule has 0 spiro atoms. The maximum Gasteiger partial charge on any atom is 0.224 e. The second kappa shape index (κ2) is 14.6. The molecule has 0 radical (unpaired) electrons. The van der Waals surface area contributed by atoms with Crippen LogP contribution in [0.2, 0.25) is 10.0 Å². The molecule has 0 heterocycles. The van der Waals surface area contributed by atoms with E-state index in [4.69, 9.17) is 38.4 Å². The van der Waals surface area contributed by atoms with Gasteiger partial charge in [-0.3, -0.25) is 4.79 Å². The molecule has 0 aliphatic heterocycles. The van der Waals surface area contributed by atoms with Crippen molar-refractivity contribution in [2.75, 3.05) is 31.8 Å².